The molecule has 1 nitrogen and oxygen atoms in total. The molecule has 0 bridgehead atoms. The smallest absolute Gasteiger partial charge is 0.0885 e. The second-order valence-corrected chi connectivity index (χ2v) is 3.09. The van der Waals surface area contributed by atoms with E-state index in [2.05, 4.69) is 13.8 Å². The zero-order valence-corrected chi connectivity index (χ0v) is 6.09. The average Bonchev–Trinajstić information content (AvgIpc) is 1.80. The highest BCUT2D eigenvalue weighted by atomic mass is 16.3. The van der Waals surface area contributed by atoms with Crippen molar-refractivity contribution in [3.8, 4) is 0 Å². The van der Waals surface area contributed by atoms with E-state index >= 15 is 0 Å². The van der Waals surface area contributed by atoms with Crippen LogP contribution in [0.5, 0.6) is 0 Å². The summed E-state index contributed by atoms with van der Waals surface area (Å²) < 4.78 is 0. The van der Waals surface area contributed by atoms with Crippen molar-refractivity contribution in [2.75, 3.05) is 0 Å². The molecule has 1 aliphatic carbocycles. The molecule has 0 radical (unpaired) electrons. The van der Waals surface area contributed by atoms with Crippen molar-refractivity contribution in [3.63, 3.8) is 0 Å². The van der Waals surface area contributed by atoms with Gasteiger partial charge in [0.2, 0.25) is 0 Å². The Morgan fingerprint density at radius 1 is 1.44 bits per heavy atom. The largest absolute Gasteiger partial charge is 0.513 e. The Bertz CT molecular complexity index is 127. The van der Waals surface area contributed by atoms with Crippen molar-refractivity contribution >= 4 is 0 Å². The van der Waals surface area contributed by atoms with Gasteiger partial charge in [0.05, 0.1) is 5.76 Å². The summed E-state index contributed by atoms with van der Waals surface area (Å²) in [5.41, 5.74) is 0. The number of hydrogen-bond donors (Lipinski definition) is 1. The summed E-state index contributed by atoms with van der Waals surface area (Å²) in [6.45, 7) is 4.42. The van der Waals surface area contributed by atoms with Gasteiger partial charge in [0.1, 0.15) is 0 Å². The van der Waals surface area contributed by atoms with E-state index in [4.69, 9.17) is 5.11 Å². The minimum Gasteiger partial charge on any atom is -0.513 e. The second kappa shape index (κ2) is 2.42. The molecule has 52 valence electrons. The molecule has 0 fully saturated rings. The summed E-state index contributed by atoms with van der Waals surface area (Å²) in [6.07, 6.45) is 3.86. The molecule has 1 rings (SSSR count). The summed E-state index contributed by atoms with van der Waals surface area (Å²) in [7, 11) is 0. The topological polar surface area (TPSA) is 20.2 Å². The Labute approximate surface area is 56.4 Å². The van der Waals surface area contributed by atoms with Gasteiger partial charge < -0.3 is 5.11 Å². The van der Waals surface area contributed by atoms with E-state index in [-0.39, 0.29) is 0 Å². The Hall–Kier alpha value is -0.460. The third-order valence-electron chi connectivity index (χ3n) is 2.23. The van der Waals surface area contributed by atoms with Crippen LogP contribution in [0.15, 0.2) is 11.8 Å². The summed E-state index contributed by atoms with van der Waals surface area (Å²) >= 11 is 0. The van der Waals surface area contributed by atoms with E-state index in [0.717, 1.165) is 18.8 Å². The fraction of sp³-hybridized carbons (Fsp3) is 0.750. The van der Waals surface area contributed by atoms with Crippen LogP contribution in [-0.4, -0.2) is 5.11 Å². The van der Waals surface area contributed by atoms with Crippen LogP contribution in [0.3, 0.4) is 0 Å². The molecule has 0 saturated heterocycles. The first-order chi connectivity index (χ1) is 4.20. The summed E-state index contributed by atoms with van der Waals surface area (Å²) in [4.78, 5) is 0. The number of rotatable bonds is 0. The van der Waals surface area contributed by atoms with E-state index < -0.39 is 0 Å². The molecular formula is C8H14O. The van der Waals surface area contributed by atoms with Crippen LogP contribution in [0.2, 0.25) is 0 Å². The maximum absolute atomic E-state index is 9.06. The van der Waals surface area contributed by atoms with Gasteiger partial charge in [0.15, 0.2) is 0 Å². The van der Waals surface area contributed by atoms with E-state index in [1.807, 2.05) is 6.08 Å². The first kappa shape index (κ1) is 6.66. The summed E-state index contributed by atoms with van der Waals surface area (Å²) in [5.74, 6) is 2.00. The molecule has 0 saturated carbocycles. The molecule has 0 aromatic rings. The van der Waals surface area contributed by atoms with Crippen molar-refractivity contribution in [2.24, 2.45) is 11.8 Å². The molecule has 0 spiro atoms. The molecule has 1 aliphatic rings. The first-order valence-corrected chi connectivity index (χ1v) is 3.58. The normalized spacial score (nSPS) is 36.0. The molecule has 0 amide bonds. The van der Waals surface area contributed by atoms with Crippen molar-refractivity contribution in [3.05, 3.63) is 11.8 Å². The highest BCUT2D eigenvalue weighted by molar-refractivity contribution is 4.98. The van der Waals surface area contributed by atoms with Crippen LogP contribution >= 0.6 is 0 Å². The minimum atomic E-state index is 0.584. The van der Waals surface area contributed by atoms with Crippen LogP contribution in [0, 0.1) is 11.8 Å². The van der Waals surface area contributed by atoms with E-state index in [9.17, 15) is 0 Å². The van der Waals surface area contributed by atoms with E-state index in [1.54, 1.807) is 0 Å². The van der Waals surface area contributed by atoms with E-state index in [0.29, 0.717) is 11.7 Å². The molecule has 0 aromatic carbocycles. The van der Waals surface area contributed by atoms with Gasteiger partial charge in [-0.2, -0.15) is 0 Å². The van der Waals surface area contributed by atoms with Gasteiger partial charge in [-0.1, -0.05) is 13.8 Å². The molecule has 0 heterocycles. The Balaban J connectivity index is 2.54. The Morgan fingerprint density at radius 2 is 2.11 bits per heavy atom. The molecule has 1 heteroatoms. The molecule has 0 aromatic heterocycles. The predicted molar refractivity (Wildman–Crippen MR) is 38.3 cm³/mol. The lowest BCUT2D eigenvalue weighted by atomic mass is 9.85. The number of hydrogen-bond acceptors (Lipinski definition) is 1. The lowest BCUT2D eigenvalue weighted by Gasteiger charge is -2.22. The predicted octanol–water partition coefficient (Wildman–Crippen LogP) is 2.49. The van der Waals surface area contributed by atoms with Crippen molar-refractivity contribution < 1.29 is 5.11 Å². The second-order valence-electron chi connectivity index (χ2n) is 3.09. The molecule has 9 heavy (non-hydrogen) atoms. The van der Waals surface area contributed by atoms with Gasteiger partial charge in [0.25, 0.3) is 0 Å². The van der Waals surface area contributed by atoms with Gasteiger partial charge >= 0.3 is 0 Å². The molecule has 0 aliphatic heterocycles. The van der Waals surface area contributed by atoms with Gasteiger partial charge in [-0.05, 0) is 24.3 Å². The van der Waals surface area contributed by atoms with Crippen LogP contribution in [0.4, 0.5) is 0 Å². The fourth-order valence-electron chi connectivity index (χ4n) is 1.17. The number of allylic oxidation sites excluding steroid dienone is 2. The molecule has 1 N–H and O–H groups in total. The average molecular weight is 126 g/mol. The third-order valence-corrected chi connectivity index (χ3v) is 2.23. The van der Waals surface area contributed by atoms with Gasteiger partial charge in [-0.15, -0.1) is 0 Å². The van der Waals surface area contributed by atoms with Crippen molar-refractivity contribution in [2.45, 2.75) is 26.7 Å². The highest BCUT2D eigenvalue weighted by Gasteiger charge is 2.16. The lowest BCUT2D eigenvalue weighted by molar-refractivity contribution is 0.283. The maximum Gasteiger partial charge on any atom is 0.0885 e. The molecule has 2 unspecified atom stereocenters. The molecular weight excluding hydrogens is 112 g/mol. The number of aliphatic hydroxyl groups is 1. The summed E-state index contributed by atoms with van der Waals surface area (Å²) in [5, 5.41) is 9.06. The first-order valence-electron chi connectivity index (χ1n) is 3.58. The fourth-order valence-corrected chi connectivity index (χ4v) is 1.17. The van der Waals surface area contributed by atoms with Crippen LogP contribution in [0.25, 0.3) is 0 Å². The lowest BCUT2D eigenvalue weighted by Crippen LogP contribution is -2.12. The van der Waals surface area contributed by atoms with Gasteiger partial charge in [-0.3, -0.25) is 0 Å². The van der Waals surface area contributed by atoms with Crippen LogP contribution < -0.4 is 0 Å². The zero-order chi connectivity index (χ0) is 6.85. The third kappa shape index (κ3) is 1.47. The molecule has 2 atom stereocenters. The van der Waals surface area contributed by atoms with Crippen LogP contribution in [0.1, 0.15) is 26.7 Å². The van der Waals surface area contributed by atoms with Gasteiger partial charge in [0, 0.05) is 6.42 Å². The standard InChI is InChI=1S/C8H14O/c1-6-3-4-8(9)5-7(6)2/h4,6-7,9H,3,5H2,1-2H3. The SMILES string of the molecule is CC1CC=C(O)CC1C. The zero-order valence-electron chi connectivity index (χ0n) is 6.09. The minimum absolute atomic E-state index is 0.584. The van der Waals surface area contributed by atoms with Crippen LogP contribution in [-0.2, 0) is 0 Å². The Kier molecular flexibility index (Phi) is 1.79. The highest BCUT2D eigenvalue weighted by Crippen LogP contribution is 2.26. The van der Waals surface area contributed by atoms with Crippen molar-refractivity contribution in [1.82, 2.24) is 0 Å². The Morgan fingerprint density at radius 3 is 2.56 bits per heavy atom. The van der Waals surface area contributed by atoms with E-state index in [1.165, 1.54) is 0 Å². The maximum atomic E-state index is 9.06. The quantitative estimate of drug-likeness (QED) is 0.528. The van der Waals surface area contributed by atoms with Gasteiger partial charge in [-0.25, -0.2) is 0 Å². The number of aliphatic hydroxyl groups excluding tert-OH is 1. The monoisotopic (exact) mass is 126 g/mol. The summed E-state index contributed by atoms with van der Waals surface area (Å²) in [6, 6.07) is 0. The van der Waals surface area contributed by atoms with Crippen molar-refractivity contribution in [1.29, 1.82) is 0 Å².